The Bertz CT molecular complexity index is 442. The number of hydrogen-bond donors (Lipinski definition) is 1. The second-order valence-electron chi connectivity index (χ2n) is 3.94. The van der Waals surface area contributed by atoms with Gasteiger partial charge in [-0.1, -0.05) is 11.4 Å². The van der Waals surface area contributed by atoms with E-state index in [2.05, 4.69) is 14.9 Å². The Kier molecular flexibility index (Phi) is 5.48. The highest BCUT2D eigenvalue weighted by Crippen LogP contribution is 2.23. The molecule has 0 aliphatic heterocycles. The molecule has 1 rings (SSSR count). The van der Waals surface area contributed by atoms with Crippen LogP contribution in [-0.4, -0.2) is 36.6 Å². The van der Waals surface area contributed by atoms with Gasteiger partial charge in [0, 0.05) is 11.8 Å². The van der Waals surface area contributed by atoms with Gasteiger partial charge in [0.05, 0.1) is 16.3 Å². The Morgan fingerprint density at radius 1 is 1.47 bits per heavy atom. The van der Waals surface area contributed by atoms with Crippen molar-refractivity contribution in [1.29, 1.82) is 0 Å². The lowest BCUT2D eigenvalue weighted by Crippen LogP contribution is -2.18. The Balaban J connectivity index is 2.52. The number of hydrogen-bond acceptors (Lipinski definition) is 6. The number of aryl methyl sites for hydroxylation is 1. The van der Waals surface area contributed by atoms with Gasteiger partial charge in [-0.25, -0.2) is 8.42 Å². The maximum Gasteiger partial charge on any atom is 0.150 e. The summed E-state index contributed by atoms with van der Waals surface area (Å²) < 4.78 is 26.7. The van der Waals surface area contributed by atoms with E-state index in [0.717, 1.165) is 17.0 Å². The van der Waals surface area contributed by atoms with Gasteiger partial charge in [-0.2, -0.15) is 0 Å². The first-order valence-electron chi connectivity index (χ1n) is 5.66. The highest BCUT2D eigenvalue weighted by molar-refractivity contribution is 7.91. The van der Waals surface area contributed by atoms with Gasteiger partial charge in [-0.05, 0) is 38.3 Å². The molecule has 1 atom stereocenters. The Morgan fingerprint density at radius 2 is 2.18 bits per heavy atom. The lowest BCUT2D eigenvalue weighted by molar-refractivity contribution is 0.539. The van der Waals surface area contributed by atoms with Crippen LogP contribution in [0.4, 0.5) is 0 Å². The van der Waals surface area contributed by atoms with Crippen molar-refractivity contribution in [3.63, 3.8) is 0 Å². The normalized spacial score (nSPS) is 13.8. The fraction of sp³-hybridized carbons (Fsp3) is 0.800. The average molecular weight is 277 g/mol. The molecular weight excluding hydrogens is 258 g/mol. The summed E-state index contributed by atoms with van der Waals surface area (Å²) in [4.78, 5) is 1.10. The van der Waals surface area contributed by atoms with Gasteiger partial charge in [-0.3, -0.25) is 0 Å². The van der Waals surface area contributed by atoms with E-state index in [-0.39, 0.29) is 17.5 Å². The monoisotopic (exact) mass is 277 g/mol. The summed E-state index contributed by atoms with van der Waals surface area (Å²) in [5, 5.41) is 7.15. The zero-order valence-corrected chi connectivity index (χ0v) is 12.1. The SMILES string of the molecule is CCS(=O)(=O)CCCC(NC)c1snnc1C. The summed E-state index contributed by atoms with van der Waals surface area (Å²) in [7, 11) is -0.985. The molecule has 17 heavy (non-hydrogen) atoms. The lowest BCUT2D eigenvalue weighted by atomic mass is 10.1. The van der Waals surface area contributed by atoms with E-state index in [0.29, 0.717) is 6.42 Å². The molecule has 0 aromatic carbocycles. The Labute approximate surface area is 107 Å². The molecule has 1 aromatic rings. The molecular formula is C10H19N3O2S2. The highest BCUT2D eigenvalue weighted by Gasteiger charge is 2.16. The summed E-state index contributed by atoms with van der Waals surface area (Å²) in [6.07, 6.45) is 1.46. The third kappa shape index (κ3) is 4.33. The van der Waals surface area contributed by atoms with E-state index in [4.69, 9.17) is 0 Å². The largest absolute Gasteiger partial charge is 0.312 e. The molecule has 0 amide bonds. The van der Waals surface area contributed by atoms with E-state index in [1.54, 1.807) is 6.92 Å². The van der Waals surface area contributed by atoms with Crippen LogP contribution < -0.4 is 5.32 Å². The van der Waals surface area contributed by atoms with Gasteiger partial charge in [-0.15, -0.1) is 5.10 Å². The van der Waals surface area contributed by atoms with Gasteiger partial charge >= 0.3 is 0 Å². The molecule has 0 fully saturated rings. The van der Waals surface area contributed by atoms with Crippen molar-refractivity contribution in [2.45, 2.75) is 32.7 Å². The van der Waals surface area contributed by atoms with Crippen LogP contribution in [0.15, 0.2) is 0 Å². The number of rotatable bonds is 7. The maximum absolute atomic E-state index is 11.4. The third-order valence-corrected chi connectivity index (χ3v) is 5.47. The van der Waals surface area contributed by atoms with Crippen LogP contribution in [0.3, 0.4) is 0 Å². The second kappa shape index (κ2) is 6.42. The van der Waals surface area contributed by atoms with Crippen LogP contribution in [0.2, 0.25) is 0 Å². The lowest BCUT2D eigenvalue weighted by Gasteiger charge is -2.14. The minimum absolute atomic E-state index is 0.155. The van der Waals surface area contributed by atoms with Crippen molar-refractivity contribution >= 4 is 21.4 Å². The topological polar surface area (TPSA) is 72.0 Å². The van der Waals surface area contributed by atoms with Crippen molar-refractivity contribution in [3.05, 3.63) is 10.6 Å². The zero-order chi connectivity index (χ0) is 12.9. The predicted molar refractivity (Wildman–Crippen MR) is 70.0 cm³/mol. The molecule has 0 spiro atoms. The van der Waals surface area contributed by atoms with Crippen LogP contribution >= 0.6 is 11.5 Å². The van der Waals surface area contributed by atoms with Crippen LogP contribution in [0.25, 0.3) is 0 Å². The van der Waals surface area contributed by atoms with Crippen LogP contribution in [0.1, 0.15) is 36.4 Å². The van der Waals surface area contributed by atoms with Crippen molar-refractivity contribution in [1.82, 2.24) is 14.9 Å². The van der Waals surface area contributed by atoms with Crippen molar-refractivity contribution in [3.8, 4) is 0 Å². The maximum atomic E-state index is 11.4. The second-order valence-corrected chi connectivity index (χ2v) is 7.20. The van der Waals surface area contributed by atoms with Gasteiger partial charge in [0.15, 0.2) is 0 Å². The molecule has 1 aromatic heterocycles. The van der Waals surface area contributed by atoms with Gasteiger partial charge in [0.1, 0.15) is 9.84 Å². The van der Waals surface area contributed by atoms with E-state index in [1.165, 1.54) is 11.5 Å². The van der Waals surface area contributed by atoms with Gasteiger partial charge in [0.25, 0.3) is 0 Å². The number of nitrogens with zero attached hydrogens (tertiary/aromatic N) is 2. The minimum atomic E-state index is -2.86. The first-order valence-corrected chi connectivity index (χ1v) is 8.26. The summed E-state index contributed by atoms with van der Waals surface area (Å²) >= 11 is 1.37. The Hall–Kier alpha value is -0.530. The summed E-state index contributed by atoms with van der Waals surface area (Å²) in [6, 6.07) is 0.155. The molecule has 98 valence electrons. The molecule has 0 aliphatic carbocycles. The number of nitrogens with one attached hydrogen (secondary N) is 1. The highest BCUT2D eigenvalue weighted by atomic mass is 32.2. The quantitative estimate of drug-likeness (QED) is 0.814. The third-order valence-electron chi connectivity index (χ3n) is 2.74. The molecule has 5 nitrogen and oxygen atoms in total. The fourth-order valence-electron chi connectivity index (χ4n) is 1.61. The van der Waals surface area contributed by atoms with Crippen LogP contribution in [0, 0.1) is 6.92 Å². The van der Waals surface area contributed by atoms with E-state index < -0.39 is 9.84 Å². The summed E-state index contributed by atoms with van der Waals surface area (Å²) in [5.74, 6) is 0.478. The van der Waals surface area contributed by atoms with Crippen molar-refractivity contribution in [2.75, 3.05) is 18.6 Å². The first kappa shape index (κ1) is 14.5. The molecule has 1 heterocycles. The molecule has 1 N–H and O–H groups in total. The molecule has 0 radical (unpaired) electrons. The van der Waals surface area contributed by atoms with Crippen LogP contribution in [0.5, 0.6) is 0 Å². The van der Waals surface area contributed by atoms with E-state index in [1.807, 2.05) is 14.0 Å². The molecule has 0 saturated heterocycles. The fourth-order valence-corrected chi connectivity index (χ4v) is 3.30. The zero-order valence-electron chi connectivity index (χ0n) is 10.4. The van der Waals surface area contributed by atoms with E-state index >= 15 is 0 Å². The summed E-state index contributed by atoms with van der Waals surface area (Å²) in [6.45, 7) is 3.61. The molecule has 7 heteroatoms. The van der Waals surface area contributed by atoms with Crippen LogP contribution in [-0.2, 0) is 9.84 Å². The van der Waals surface area contributed by atoms with Crippen molar-refractivity contribution in [2.24, 2.45) is 0 Å². The average Bonchev–Trinajstić information content (AvgIpc) is 2.71. The first-order chi connectivity index (χ1) is 8.00. The smallest absolute Gasteiger partial charge is 0.150 e. The molecule has 0 aliphatic rings. The minimum Gasteiger partial charge on any atom is -0.312 e. The summed E-state index contributed by atoms with van der Waals surface area (Å²) in [5.41, 5.74) is 0.924. The van der Waals surface area contributed by atoms with E-state index in [9.17, 15) is 8.42 Å². The van der Waals surface area contributed by atoms with Gasteiger partial charge in [0.2, 0.25) is 0 Å². The number of sulfone groups is 1. The van der Waals surface area contributed by atoms with Crippen molar-refractivity contribution < 1.29 is 8.42 Å². The number of aromatic nitrogens is 2. The molecule has 0 bridgehead atoms. The predicted octanol–water partition coefficient (Wildman–Crippen LogP) is 1.32. The standard InChI is InChI=1S/C10H19N3O2S2/c1-4-17(14,15)7-5-6-9(11-3)10-8(2)12-13-16-10/h9,11H,4-7H2,1-3H3. The molecule has 0 saturated carbocycles. The Morgan fingerprint density at radius 3 is 2.65 bits per heavy atom. The van der Waals surface area contributed by atoms with Gasteiger partial charge < -0.3 is 5.32 Å². The molecule has 1 unspecified atom stereocenters.